The Morgan fingerprint density at radius 3 is 1.50 bits per heavy atom. The molecule has 0 amide bonds. The molecular formula is C20H18ClO2Sn. The Bertz CT molecular complexity index is 694. The van der Waals surface area contributed by atoms with E-state index in [9.17, 15) is 4.79 Å². The molecule has 0 aliphatic rings. The molecule has 0 atom stereocenters. The zero-order valence-electron chi connectivity index (χ0n) is 13.1. The van der Waals surface area contributed by atoms with Crippen LogP contribution in [-0.4, -0.2) is 29.7 Å². The number of carboxylic acid groups (broad SMARTS) is 1. The number of halogens is 1. The van der Waals surface area contributed by atoms with Crippen molar-refractivity contribution in [2.75, 3.05) is 0 Å². The summed E-state index contributed by atoms with van der Waals surface area (Å²) >= 11 is -2.03. The van der Waals surface area contributed by atoms with Crippen molar-refractivity contribution < 1.29 is 9.90 Å². The first-order valence-electron chi connectivity index (χ1n) is 7.56. The predicted molar refractivity (Wildman–Crippen MR) is 102 cm³/mol. The van der Waals surface area contributed by atoms with Crippen LogP contribution in [0.5, 0.6) is 0 Å². The van der Waals surface area contributed by atoms with Gasteiger partial charge < -0.3 is 5.11 Å². The zero-order chi connectivity index (χ0) is 17.2. The van der Waals surface area contributed by atoms with E-state index in [1.165, 1.54) is 7.16 Å². The first kappa shape index (κ1) is 18.6. The molecule has 0 bridgehead atoms. The van der Waals surface area contributed by atoms with Gasteiger partial charge in [0.15, 0.2) is 0 Å². The molecule has 0 saturated heterocycles. The van der Waals surface area contributed by atoms with Gasteiger partial charge in [-0.3, -0.25) is 4.79 Å². The molecule has 3 aromatic rings. The third-order valence-electron chi connectivity index (χ3n) is 3.25. The van der Waals surface area contributed by atoms with Crippen molar-refractivity contribution in [3.8, 4) is 0 Å². The Morgan fingerprint density at radius 1 is 0.750 bits per heavy atom. The van der Waals surface area contributed by atoms with Crippen molar-refractivity contribution in [2.45, 2.75) is 6.42 Å². The minimum absolute atomic E-state index is 0.112. The molecule has 24 heavy (non-hydrogen) atoms. The van der Waals surface area contributed by atoms with Crippen LogP contribution >= 0.6 is 8.92 Å². The van der Waals surface area contributed by atoms with Gasteiger partial charge in [-0.2, -0.15) is 0 Å². The van der Waals surface area contributed by atoms with Gasteiger partial charge in [-0.25, -0.2) is 0 Å². The summed E-state index contributed by atoms with van der Waals surface area (Å²) in [7, 11) is 6.53. The van der Waals surface area contributed by atoms with E-state index in [1.807, 2.05) is 30.3 Å². The fraction of sp³-hybridized carbons (Fsp3) is 0.0500. The van der Waals surface area contributed by atoms with Gasteiger partial charge in [0.25, 0.3) is 0 Å². The Labute approximate surface area is 153 Å². The summed E-state index contributed by atoms with van der Waals surface area (Å²) in [5.74, 6) is -0.786. The molecule has 0 aliphatic heterocycles. The minimum atomic E-state index is -2.03. The Kier molecular flexibility index (Phi) is 7.86. The van der Waals surface area contributed by atoms with Crippen LogP contribution in [0.3, 0.4) is 0 Å². The number of hydrogen-bond donors (Lipinski definition) is 1. The summed E-state index contributed by atoms with van der Waals surface area (Å²) in [5, 5.41) is 8.37. The molecule has 1 N–H and O–H groups in total. The Morgan fingerprint density at radius 2 is 1.12 bits per heavy atom. The van der Waals surface area contributed by atoms with Crippen LogP contribution in [0.25, 0.3) is 0 Å². The molecular weight excluding hydrogens is 426 g/mol. The van der Waals surface area contributed by atoms with Gasteiger partial charge in [0.2, 0.25) is 0 Å². The number of hydrogen-bond acceptors (Lipinski definition) is 1. The molecule has 2 nitrogen and oxygen atoms in total. The van der Waals surface area contributed by atoms with E-state index in [0.29, 0.717) is 0 Å². The molecule has 0 aromatic heterocycles. The first-order chi connectivity index (χ1) is 11.7. The van der Waals surface area contributed by atoms with E-state index in [4.69, 9.17) is 14.0 Å². The number of carbonyl (C=O) groups is 1. The van der Waals surface area contributed by atoms with E-state index in [-0.39, 0.29) is 6.42 Å². The second-order valence-electron chi connectivity index (χ2n) is 5.10. The monoisotopic (exact) mass is 445 g/mol. The molecule has 0 unspecified atom stereocenters. The second-order valence-corrected chi connectivity index (χ2v) is 12.7. The van der Waals surface area contributed by atoms with Crippen molar-refractivity contribution in [1.29, 1.82) is 0 Å². The van der Waals surface area contributed by atoms with Crippen LogP contribution in [0.4, 0.5) is 0 Å². The zero-order valence-corrected chi connectivity index (χ0v) is 16.7. The first-order valence-corrected chi connectivity index (χ1v) is 14.0. The third kappa shape index (κ3) is 6.38. The van der Waals surface area contributed by atoms with Crippen LogP contribution < -0.4 is 7.16 Å². The molecule has 1 radical (unpaired) electrons. The van der Waals surface area contributed by atoms with Crippen LogP contribution in [0.2, 0.25) is 0 Å². The number of benzene rings is 3. The quantitative estimate of drug-likeness (QED) is 0.627. The molecule has 3 aromatic carbocycles. The third-order valence-corrected chi connectivity index (χ3v) is 11.0. The van der Waals surface area contributed by atoms with E-state index >= 15 is 0 Å². The average molecular weight is 445 g/mol. The van der Waals surface area contributed by atoms with E-state index in [1.54, 1.807) is 12.1 Å². The molecule has 0 heterocycles. The molecule has 0 fully saturated rings. The van der Waals surface area contributed by atoms with Crippen LogP contribution in [-0.2, 0) is 11.2 Å². The normalized spacial score (nSPS) is 9.92. The summed E-state index contributed by atoms with van der Waals surface area (Å²) in [6, 6.07) is 30.0. The van der Waals surface area contributed by atoms with Crippen LogP contribution in [0, 0.1) is 0 Å². The van der Waals surface area contributed by atoms with Gasteiger partial charge in [-0.15, -0.1) is 0 Å². The van der Waals surface area contributed by atoms with Gasteiger partial charge >= 0.3 is 101 Å². The van der Waals surface area contributed by atoms with Crippen LogP contribution in [0.15, 0.2) is 91.0 Å². The van der Waals surface area contributed by atoms with E-state index in [0.717, 1.165) is 5.56 Å². The van der Waals surface area contributed by atoms with Crippen molar-refractivity contribution in [3.63, 3.8) is 0 Å². The molecule has 0 spiro atoms. The van der Waals surface area contributed by atoms with Gasteiger partial charge in [-0.05, 0) is 5.56 Å². The Balaban J connectivity index is 0.000000185. The van der Waals surface area contributed by atoms with Gasteiger partial charge in [0, 0.05) is 0 Å². The van der Waals surface area contributed by atoms with E-state index < -0.39 is 24.6 Å². The predicted octanol–water partition coefficient (Wildman–Crippen LogP) is 3.34. The fourth-order valence-electron chi connectivity index (χ4n) is 2.11. The standard InChI is InChI=1S/C8H8O2.2C6H5.ClH.Sn/c9-8(10)6-7-4-2-1-3-5-7;2*1-2-4-6-5-3-1;;/h1-5H,6H2,(H,9,10);2*1-5H;1H;/q;;;;+1/p-1. The van der Waals surface area contributed by atoms with Crippen molar-refractivity contribution in [3.05, 3.63) is 96.6 Å². The number of aliphatic carboxylic acids is 1. The second kappa shape index (κ2) is 10.2. The maximum absolute atomic E-state index is 10.2. The SMILES string of the molecule is O=C(O)Cc1ccccc1.[Cl][Sn]([c]1ccccc1)[c]1ccccc1. The number of carboxylic acids is 1. The van der Waals surface area contributed by atoms with Gasteiger partial charge in [-0.1, -0.05) is 30.3 Å². The topological polar surface area (TPSA) is 37.3 Å². The molecule has 0 aliphatic carbocycles. The average Bonchev–Trinajstić information content (AvgIpc) is 2.63. The summed E-state index contributed by atoms with van der Waals surface area (Å²) in [6.45, 7) is 0. The summed E-state index contributed by atoms with van der Waals surface area (Å²) < 4.78 is 2.67. The number of rotatable bonds is 4. The van der Waals surface area contributed by atoms with Crippen molar-refractivity contribution in [1.82, 2.24) is 0 Å². The van der Waals surface area contributed by atoms with Gasteiger partial charge in [0.1, 0.15) is 0 Å². The molecule has 4 heteroatoms. The van der Waals surface area contributed by atoms with Crippen molar-refractivity contribution >= 4 is 40.7 Å². The molecule has 3 rings (SSSR count). The molecule has 0 saturated carbocycles. The van der Waals surface area contributed by atoms with Crippen molar-refractivity contribution in [2.24, 2.45) is 0 Å². The summed E-state index contributed by atoms with van der Waals surface area (Å²) in [6.07, 6.45) is 0.112. The summed E-state index contributed by atoms with van der Waals surface area (Å²) in [5.41, 5.74) is 0.843. The van der Waals surface area contributed by atoms with Gasteiger partial charge in [0.05, 0.1) is 6.42 Å². The maximum atomic E-state index is 10.2. The van der Waals surface area contributed by atoms with E-state index in [2.05, 4.69) is 48.5 Å². The molecule has 121 valence electrons. The summed E-state index contributed by atoms with van der Waals surface area (Å²) in [4.78, 5) is 10.2. The Hall–Kier alpha value is -1.78. The van der Waals surface area contributed by atoms with Crippen LogP contribution in [0.1, 0.15) is 5.56 Å². The fourth-order valence-corrected chi connectivity index (χ4v) is 7.52.